The number of benzene rings is 2. The minimum atomic E-state index is -0.157. The van der Waals surface area contributed by atoms with E-state index in [4.69, 9.17) is 0 Å². The molecule has 0 radical (unpaired) electrons. The lowest BCUT2D eigenvalue weighted by molar-refractivity contribution is 0.131. The molecule has 4 rings (SSSR count). The Hall–Kier alpha value is -2.24. The van der Waals surface area contributed by atoms with E-state index >= 15 is 0 Å². The lowest BCUT2D eigenvalue weighted by Gasteiger charge is -2.34. The van der Waals surface area contributed by atoms with Crippen molar-refractivity contribution < 1.29 is 4.39 Å². The molecule has 1 fully saturated rings. The molecule has 1 aromatic heterocycles. The molecule has 4 nitrogen and oxygen atoms in total. The number of nitrogens with zero attached hydrogens (tertiary/aromatic N) is 3. The Morgan fingerprint density at radius 2 is 1.80 bits per heavy atom. The van der Waals surface area contributed by atoms with E-state index in [2.05, 4.69) is 26.7 Å². The van der Waals surface area contributed by atoms with Crippen LogP contribution in [-0.2, 0) is 6.54 Å². The maximum absolute atomic E-state index is 14.6. The Labute approximate surface area is 147 Å². The van der Waals surface area contributed by atoms with Gasteiger partial charge >= 0.3 is 0 Å². The summed E-state index contributed by atoms with van der Waals surface area (Å²) in [6.45, 7) is 8.08. The van der Waals surface area contributed by atoms with E-state index in [1.807, 2.05) is 36.4 Å². The van der Waals surface area contributed by atoms with Crippen LogP contribution in [0.1, 0.15) is 12.5 Å². The summed E-state index contributed by atoms with van der Waals surface area (Å²) in [5.74, 6) is 0.555. The molecule has 0 amide bonds. The molecule has 0 spiro atoms. The first kappa shape index (κ1) is 16.2. The molecule has 0 aliphatic carbocycles. The smallest absolute Gasteiger partial charge is 0.138 e. The van der Waals surface area contributed by atoms with Gasteiger partial charge in [0, 0.05) is 43.9 Å². The highest BCUT2D eigenvalue weighted by Gasteiger charge is 2.17. The zero-order valence-corrected chi connectivity index (χ0v) is 14.5. The number of H-pyrrole nitrogens is 1. The molecule has 0 bridgehead atoms. The summed E-state index contributed by atoms with van der Waals surface area (Å²) in [6, 6.07) is 13.3. The van der Waals surface area contributed by atoms with Crippen LogP contribution in [0, 0.1) is 5.82 Å². The van der Waals surface area contributed by atoms with Crippen LogP contribution < -0.4 is 0 Å². The van der Waals surface area contributed by atoms with Crippen LogP contribution in [0.5, 0.6) is 0 Å². The molecular weight excluding hydrogens is 315 g/mol. The minimum Gasteiger partial charge on any atom is -0.338 e. The van der Waals surface area contributed by atoms with Gasteiger partial charge in [-0.1, -0.05) is 31.2 Å². The summed E-state index contributed by atoms with van der Waals surface area (Å²) in [6.07, 6.45) is 0. The fourth-order valence-corrected chi connectivity index (χ4v) is 3.42. The molecule has 2 aromatic carbocycles. The number of piperazine rings is 1. The summed E-state index contributed by atoms with van der Waals surface area (Å²) in [4.78, 5) is 12.6. The molecule has 1 aliphatic heterocycles. The standard InChI is InChI=1S/C20H23FN4/c1-2-24-9-11-25(12-10-24)14-16-8-7-15(13-17(16)21)20-22-18-5-3-4-6-19(18)23-20/h3-8,13H,2,9-12,14H2,1H3,(H,22,23). The maximum Gasteiger partial charge on any atom is 0.138 e. The van der Waals surface area contributed by atoms with E-state index in [-0.39, 0.29) is 5.82 Å². The van der Waals surface area contributed by atoms with Gasteiger partial charge in [-0.3, -0.25) is 4.90 Å². The zero-order chi connectivity index (χ0) is 17.2. The molecule has 0 atom stereocenters. The molecule has 25 heavy (non-hydrogen) atoms. The van der Waals surface area contributed by atoms with Gasteiger partial charge in [-0.25, -0.2) is 9.37 Å². The Kier molecular flexibility index (Phi) is 4.51. The first-order valence-corrected chi connectivity index (χ1v) is 8.91. The fraction of sp³-hybridized carbons (Fsp3) is 0.350. The summed E-state index contributed by atoms with van der Waals surface area (Å²) >= 11 is 0. The molecule has 0 unspecified atom stereocenters. The number of halogens is 1. The number of hydrogen-bond donors (Lipinski definition) is 1. The number of rotatable bonds is 4. The van der Waals surface area contributed by atoms with Gasteiger partial charge in [0.25, 0.3) is 0 Å². The van der Waals surface area contributed by atoms with Crippen molar-refractivity contribution in [3.8, 4) is 11.4 Å². The minimum absolute atomic E-state index is 0.157. The third-order valence-corrected chi connectivity index (χ3v) is 5.02. The molecule has 1 saturated heterocycles. The van der Waals surface area contributed by atoms with Crippen LogP contribution in [0.3, 0.4) is 0 Å². The summed E-state index contributed by atoms with van der Waals surface area (Å²) in [5.41, 5.74) is 3.41. The van der Waals surface area contributed by atoms with Gasteiger partial charge in [-0.2, -0.15) is 0 Å². The molecule has 2 heterocycles. The first-order chi connectivity index (χ1) is 12.2. The molecule has 1 N–H and O–H groups in total. The van der Waals surface area contributed by atoms with Crippen LogP contribution in [0.25, 0.3) is 22.4 Å². The van der Waals surface area contributed by atoms with Crippen molar-refractivity contribution in [2.24, 2.45) is 0 Å². The van der Waals surface area contributed by atoms with Gasteiger partial charge in [0.05, 0.1) is 11.0 Å². The van der Waals surface area contributed by atoms with Crippen molar-refractivity contribution in [3.05, 3.63) is 53.8 Å². The second-order valence-corrected chi connectivity index (χ2v) is 6.62. The number of aromatic nitrogens is 2. The Balaban J connectivity index is 1.51. The monoisotopic (exact) mass is 338 g/mol. The summed E-state index contributed by atoms with van der Waals surface area (Å²) < 4.78 is 14.6. The van der Waals surface area contributed by atoms with Gasteiger partial charge in [0.2, 0.25) is 0 Å². The van der Waals surface area contributed by atoms with Crippen molar-refractivity contribution in [2.45, 2.75) is 13.5 Å². The van der Waals surface area contributed by atoms with Gasteiger partial charge in [0.15, 0.2) is 0 Å². The maximum atomic E-state index is 14.6. The van der Waals surface area contributed by atoms with Gasteiger partial charge in [0.1, 0.15) is 11.6 Å². The SMILES string of the molecule is CCN1CCN(Cc2ccc(-c3nc4ccccc4[nH]3)cc2F)CC1. The number of nitrogens with one attached hydrogen (secondary N) is 1. The van der Waals surface area contributed by atoms with E-state index in [0.717, 1.165) is 54.9 Å². The third kappa shape index (κ3) is 3.43. The largest absolute Gasteiger partial charge is 0.338 e. The predicted octanol–water partition coefficient (Wildman–Crippen LogP) is 3.51. The third-order valence-electron chi connectivity index (χ3n) is 5.02. The fourth-order valence-electron chi connectivity index (χ4n) is 3.42. The number of fused-ring (bicyclic) bond motifs is 1. The van der Waals surface area contributed by atoms with Gasteiger partial charge < -0.3 is 9.88 Å². The lowest BCUT2D eigenvalue weighted by atomic mass is 10.1. The highest BCUT2D eigenvalue weighted by Crippen LogP contribution is 2.23. The number of aromatic amines is 1. The summed E-state index contributed by atoms with van der Waals surface area (Å²) in [7, 11) is 0. The van der Waals surface area contributed by atoms with Crippen molar-refractivity contribution in [2.75, 3.05) is 32.7 Å². The number of likely N-dealkylation sites (N-methyl/N-ethyl adjacent to an activating group) is 1. The topological polar surface area (TPSA) is 35.2 Å². The second-order valence-electron chi connectivity index (χ2n) is 6.62. The van der Waals surface area contributed by atoms with Crippen LogP contribution in [0.15, 0.2) is 42.5 Å². The Morgan fingerprint density at radius 1 is 1.04 bits per heavy atom. The van der Waals surface area contributed by atoms with Crippen LogP contribution in [0.2, 0.25) is 0 Å². The first-order valence-electron chi connectivity index (χ1n) is 8.91. The highest BCUT2D eigenvalue weighted by atomic mass is 19.1. The van der Waals surface area contributed by atoms with E-state index < -0.39 is 0 Å². The van der Waals surface area contributed by atoms with Crippen molar-refractivity contribution in [1.82, 2.24) is 19.8 Å². The molecule has 1 aliphatic rings. The normalized spacial score (nSPS) is 16.6. The van der Waals surface area contributed by atoms with E-state index in [1.54, 1.807) is 6.07 Å². The van der Waals surface area contributed by atoms with Crippen molar-refractivity contribution in [1.29, 1.82) is 0 Å². The summed E-state index contributed by atoms with van der Waals surface area (Å²) in [5, 5.41) is 0. The quantitative estimate of drug-likeness (QED) is 0.791. The number of para-hydroxylation sites is 2. The highest BCUT2D eigenvalue weighted by molar-refractivity contribution is 5.79. The average Bonchev–Trinajstić information content (AvgIpc) is 3.08. The van der Waals surface area contributed by atoms with E-state index in [9.17, 15) is 4.39 Å². The number of hydrogen-bond acceptors (Lipinski definition) is 3. The average molecular weight is 338 g/mol. The van der Waals surface area contributed by atoms with E-state index in [1.165, 1.54) is 0 Å². The molecule has 0 saturated carbocycles. The number of imidazole rings is 1. The molecule has 5 heteroatoms. The van der Waals surface area contributed by atoms with Crippen LogP contribution >= 0.6 is 0 Å². The zero-order valence-electron chi connectivity index (χ0n) is 14.5. The van der Waals surface area contributed by atoms with Crippen LogP contribution in [0.4, 0.5) is 4.39 Å². The molecular formula is C20H23FN4. The van der Waals surface area contributed by atoms with Gasteiger partial charge in [-0.15, -0.1) is 0 Å². The Bertz CT molecular complexity index is 832. The van der Waals surface area contributed by atoms with Gasteiger partial charge in [-0.05, 0) is 24.7 Å². The van der Waals surface area contributed by atoms with Crippen molar-refractivity contribution >= 4 is 11.0 Å². The van der Waals surface area contributed by atoms with Crippen LogP contribution in [-0.4, -0.2) is 52.5 Å². The molecule has 130 valence electrons. The van der Waals surface area contributed by atoms with E-state index in [0.29, 0.717) is 12.4 Å². The second kappa shape index (κ2) is 6.94. The molecule has 3 aromatic rings. The predicted molar refractivity (Wildman–Crippen MR) is 98.9 cm³/mol. The lowest BCUT2D eigenvalue weighted by Crippen LogP contribution is -2.45. The van der Waals surface area contributed by atoms with Crippen molar-refractivity contribution in [3.63, 3.8) is 0 Å². The Morgan fingerprint density at radius 3 is 2.52 bits per heavy atom.